The number of carbonyl (C=O) groups is 1. The third-order valence-electron chi connectivity index (χ3n) is 7.89. The van der Waals surface area contributed by atoms with Gasteiger partial charge in [-0.25, -0.2) is 4.79 Å². The third-order valence-corrected chi connectivity index (χ3v) is 7.89. The van der Waals surface area contributed by atoms with Crippen LogP contribution < -0.4 is 20.4 Å². The third kappa shape index (κ3) is 4.41. The van der Waals surface area contributed by atoms with Crippen molar-refractivity contribution in [2.24, 2.45) is 0 Å². The van der Waals surface area contributed by atoms with E-state index in [-0.39, 0.29) is 6.03 Å². The number of aromatic nitrogens is 4. The molecule has 0 aliphatic carbocycles. The average molecular weight is 515 g/mol. The van der Waals surface area contributed by atoms with Crippen LogP contribution in [-0.2, 0) is 9.47 Å². The Labute approximate surface area is 220 Å². The number of benzene rings is 1. The molecular formula is C27H30N8O3. The van der Waals surface area contributed by atoms with Gasteiger partial charge in [0, 0.05) is 29.3 Å². The van der Waals surface area contributed by atoms with Gasteiger partial charge in [-0.05, 0) is 62.1 Å². The molecule has 2 amide bonds. The lowest BCUT2D eigenvalue weighted by Gasteiger charge is -2.37. The van der Waals surface area contributed by atoms with Gasteiger partial charge in [0.2, 0.25) is 11.9 Å². The first-order chi connectivity index (χ1) is 18.7. The van der Waals surface area contributed by atoms with E-state index in [2.05, 4.69) is 25.4 Å². The maximum Gasteiger partial charge on any atom is 0.323 e. The Morgan fingerprint density at radius 3 is 1.66 bits per heavy atom. The van der Waals surface area contributed by atoms with Crippen molar-refractivity contribution in [2.75, 3.05) is 46.9 Å². The summed E-state index contributed by atoms with van der Waals surface area (Å²) >= 11 is 0. The summed E-state index contributed by atoms with van der Waals surface area (Å²) in [5.74, 6) is 2.09. The Bertz CT molecular complexity index is 1230. The van der Waals surface area contributed by atoms with E-state index in [0.717, 1.165) is 43.1 Å². The number of rotatable bonds is 5. The monoisotopic (exact) mass is 514 g/mol. The number of pyridine rings is 1. The normalized spacial score (nSPS) is 25.9. The number of morpholine rings is 2. The average Bonchev–Trinajstić information content (AvgIpc) is 3.35. The predicted molar refractivity (Wildman–Crippen MR) is 142 cm³/mol. The number of ether oxygens (including phenoxy) is 2. The van der Waals surface area contributed by atoms with Crippen LogP contribution in [0.25, 0.3) is 11.4 Å². The van der Waals surface area contributed by atoms with Gasteiger partial charge in [-0.3, -0.25) is 4.98 Å². The predicted octanol–water partition coefficient (Wildman–Crippen LogP) is 3.31. The van der Waals surface area contributed by atoms with Gasteiger partial charge in [0.25, 0.3) is 0 Å². The van der Waals surface area contributed by atoms with Crippen molar-refractivity contribution in [2.45, 2.75) is 49.9 Å². The Hall–Kier alpha value is -3.83. The van der Waals surface area contributed by atoms with Gasteiger partial charge in [-0.15, -0.1) is 0 Å². The molecule has 11 heteroatoms. The number of nitrogens with one attached hydrogen (secondary N) is 2. The second-order valence-electron chi connectivity index (χ2n) is 10.3. The summed E-state index contributed by atoms with van der Waals surface area (Å²) in [6, 6.07) is 11.9. The van der Waals surface area contributed by atoms with Crippen molar-refractivity contribution in [1.82, 2.24) is 19.9 Å². The summed E-state index contributed by atoms with van der Waals surface area (Å²) in [4.78, 5) is 36.0. The first-order valence-electron chi connectivity index (χ1n) is 13.3. The molecule has 196 valence electrons. The van der Waals surface area contributed by atoms with Gasteiger partial charge in [-0.2, -0.15) is 15.0 Å². The molecule has 6 heterocycles. The van der Waals surface area contributed by atoms with Crippen LogP contribution in [0.3, 0.4) is 0 Å². The molecular weight excluding hydrogens is 484 g/mol. The molecule has 3 aromatic rings. The zero-order valence-corrected chi connectivity index (χ0v) is 21.0. The molecule has 0 spiro atoms. The maximum atomic E-state index is 12.4. The summed E-state index contributed by atoms with van der Waals surface area (Å²) < 4.78 is 11.6. The number of carbonyl (C=O) groups excluding carboxylic acids is 1. The van der Waals surface area contributed by atoms with E-state index in [4.69, 9.17) is 24.4 Å². The molecule has 0 radical (unpaired) electrons. The highest BCUT2D eigenvalue weighted by Gasteiger charge is 2.42. The van der Waals surface area contributed by atoms with Crippen LogP contribution >= 0.6 is 0 Å². The molecule has 4 fully saturated rings. The van der Waals surface area contributed by atoms with Crippen LogP contribution in [-0.4, -0.2) is 76.6 Å². The number of nitrogens with zero attached hydrogens (tertiary/aromatic N) is 6. The summed E-state index contributed by atoms with van der Waals surface area (Å²) in [6.07, 6.45) is 7.62. The molecule has 0 saturated carbocycles. The summed E-state index contributed by atoms with van der Waals surface area (Å²) in [7, 11) is 0. The molecule has 4 atom stereocenters. The Kier molecular flexibility index (Phi) is 6.01. The molecule has 4 aliphatic rings. The summed E-state index contributed by atoms with van der Waals surface area (Å²) in [5, 5.41) is 5.67. The lowest BCUT2D eigenvalue weighted by Crippen LogP contribution is -2.48. The van der Waals surface area contributed by atoms with Crippen LogP contribution in [0.15, 0.2) is 48.8 Å². The van der Waals surface area contributed by atoms with E-state index in [9.17, 15) is 4.79 Å². The first kappa shape index (κ1) is 23.3. The molecule has 2 aromatic heterocycles. The van der Waals surface area contributed by atoms with E-state index in [1.165, 1.54) is 0 Å². The second kappa shape index (κ2) is 9.80. The van der Waals surface area contributed by atoms with E-state index >= 15 is 0 Å². The van der Waals surface area contributed by atoms with Crippen molar-refractivity contribution < 1.29 is 14.3 Å². The van der Waals surface area contributed by atoms with Crippen molar-refractivity contribution >= 4 is 29.3 Å². The number of hydrogen-bond acceptors (Lipinski definition) is 9. The van der Waals surface area contributed by atoms with Gasteiger partial charge in [0.1, 0.15) is 0 Å². The molecule has 2 N–H and O–H groups in total. The molecule has 1 aromatic carbocycles. The Balaban J connectivity index is 1.18. The van der Waals surface area contributed by atoms with Crippen molar-refractivity contribution in [3.8, 4) is 11.4 Å². The van der Waals surface area contributed by atoms with E-state index in [1.807, 2.05) is 24.3 Å². The lowest BCUT2D eigenvalue weighted by atomic mass is 10.2. The van der Waals surface area contributed by atoms with E-state index in [1.54, 1.807) is 24.5 Å². The number of anilines is 4. The van der Waals surface area contributed by atoms with Gasteiger partial charge >= 0.3 is 6.03 Å². The zero-order valence-electron chi connectivity index (χ0n) is 21.0. The second-order valence-corrected chi connectivity index (χ2v) is 10.3. The SMILES string of the molecule is O=C(Nc1ccncc1)Nc1ccc(-c2nc(N3C4CCC3COC4)nc(N3C4CCC3COC4)n2)cc1. The molecule has 4 saturated heterocycles. The Morgan fingerprint density at radius 2 is 1.16 bits per heavy atom. The highest BCUT2D eigenvalue weighted by Crippen LogP contribution is 2.37. The topological polar surface area (TPSA) is 118 Å². The first-order valence-corrected chi connectivity index (χ1v) is 13.3. The molecule has 7 rings (SSSR count). The Morgan fingerprint density at radius 1 is 0.684 bits per heavy atom. The maximum absolute atomic E-state index is 12.4. The fraction of sp³-hybridized carbons (Fsp3) is 0.444. The minimum atomic E-state index is -0.320. The highest BCUT2D eigenvalue weighted by atomic mass is 16.5. The van der Waals surface area contributed by atoms with Crippen LogP contribution in [0.1, 0.15) is 25.7 Å². The van der Waals surface area contributed by atoms with Crippen molar-refractivity contribution in [1.29, 1.82) is 0 Å². The molecule has 38 heavy (non-hydrogen) atoms. The smallest absolute Gasteiger partial charge is 0.323 e. The zero-order chi connectivity index (χ0) is 25.5. The molecule has 4 unspecified atom stereocenters. The number of urea groups is 1. The van der Waals surface area contributed by atoms with Gasteiger partial charge < -0.3 is 29.9 Å². The van der Waals surface area contributed by atoms with Crippen molar-refractivity contribution in [3.05, 3.63) is 48.8 Å². The molecule has 11 nitrogen and oxygen atoms in total. The van der Waals surface area contributed by atoms with Crippen molar-refractivity contribution in [3.63, 3.8) is 0 Å². The fourth-order valence-electron chi connectivity index (χ4n) is 6.06. The van der Waals surface area contributed by atoms with E-state index in [0.29, 0.717) is 67.8 Å². The number of fused-ring (bicyclic) bond motifs is 4. The quantitative estimate of drug-likeness (QED) is 0.529. The number of amides is 2. The molecule has 4 bridgehead atoms. The fourth-order valence-corrected chi connectivity index (χ4v) is 6.06. The summed E-state index contributed by atoms with van der Waals surface area (Å²) in [6.45, 7) is 2.82. The van der Waals surface area contributed by atoms with Crippen LogP contribution in [0.4, 0.5) is 28.1 Å². The minimum Gasteiger partial charge on any atom is -0.377 e. The van der Waals surface area contributed by atoms with Crippen LogP contribution in [0, 0.1) is 0 Å². The minimum absolute atomic E-state index is 0.295. The molecule has 4 aliphatic heterocycles. The lowest BCUT2D eigenvalue weighted by molar-refractivity contribution is 0.0885. The van der Waals surface area contributed by atoms with E-state index < -0.39 is 0 Å². The van der Waals surface area contributed by atoms with Crippen LogP contribution in [0.2, 0.25) is 0 Å². The standard InChI is InChI=1S/C27H30N8O3/c36-27(30-19-9-11-28-12-10-19)29-18-3-1-17(2-4-18)24-31-25(34-20-5-6-21(34)14-37-13-20)33-26(32-24)35-22-7-8-23(35)16-38-15-22/h1-4,9-12,20-23H,5-8,13-16H2,(H2,28,29,30,36). The van der Waals surface area contributed by atoms with Crippen LogP contribution in [0.5, 0.6) is 0 Å². The van der Waals surface area contributed by atoms with Gasteiger partial charge in [-0.1, -0.05) is 0 Å². The van der Waals surface area contributed by atoms with Gasteiger partial charge in [0.15, 0.2) is 5.82 Å². The number of hydrogen-bond donors (Lipinski definition) is 2. The summed E-state index contributed by atoms with van der Waals surface area (Å²) in [5.41, 5.74) is 2.22. The largest absolute Gasteiger partial charge is 0.377 e. The highest BCUT2D eigenvalue weighted by molar-refractivity contribution is 5.99. The van der Waals surface area contributed by atoms with Gasteiger partial charge in [0.05, 0.1) is 50.6 Å².